The summed E-state index contributed by atoms with van der Waals surface area (Å²) in [5, 5.41) is 0. The van der Waals surface area contributed by atoms with Crippen LogP contribution in [0.5, 0.6) is 0 Å². The molecule has 0 N–H and O–H groups in total. The van der Waals surface area contributed by atoms with Crippen LogP contribution in [0.3, 0.4) is 0 Å². The molecule has 1 aliphatic carbocycles. The van der Waals surface area contributed by atoms with Gasteiger partial charge in [-0.15, -0.1) is 0 Å². The highest BCUT2D eigenvalue weighted by molar-refractivity contribution is 6.00. The molecule has 0 fully saturated rings. The van der Waals surface area contributed by atoms with Crippen LogP contribution in [0, 0.1) is 5.92 Å². The monoisotopic (exact) mass is 176 g/mol. The Hall–Kier alpha value is -1.44. The minimum absolute atomic E-state index is 0.0271. The van der Waals surface area contributed by atoms with Crippen molar-refractivity contribution in [1.82, 2.24) is 0 Å². The Morgan fingerprint density at radius 1 is 1.08 bits per heavy atom. The van der Waals surface area contributed by atoms with Crippen LogP contribution in [0.2, 0.25) is 0 Å². The molecular formula is C11H12O2. The Kier molecular flexibility index (Phi) is 3.38. The van der Waals surface area contributed by atoms with Crippen LogP contribution in [0.15, 0.2) is 36.5 Å². The Bertz CT molecular complexity index is 279. The summed E-state index contributed by atoms with van der Waals surface area (Å²) in [5.41, 5.74) is 0. The van der Waals surface area contributed by atoms with Crippen molar-refractivity contribution >= 4 is 11.6 Å². The number of carbonyl (C=O) groups excluding carboxylic acids is 2. The second kappa shape index (κ2) is 4.55. The molecule has 0 saturated heterocycles. The fourth-order valence-corrected chi connectivity index (χ4v) is 1.14. The molecule has 0 saturated carbocycles. The van der Waals surface area contributed by atoms with E-state index in [0.29, 0.717) is 0 Å². The lowest BCUT2D eigenvalue weighted by Crippen LogP contribution is -2.12. The molecule has 0 aliphatic heterocycles. The third-order valence-electron chi connectivity index (χ3n) is 1.77. The van der Waals surface area contributed by atoms with Crippen LogP contribution in [0.1, 0.15) is 13.3 Å². The predicted molar refractivity (Wildman–Crippen MR) is 51.2 cm³/mol. The Balaban J connectivity index is 2.61. The fraction of sp³-hybridized carbons (Fsp3) is 0.273. The van der Waals surface area contributed by atoms with Gasteiger partial charge in [0.1, 0.15) is 5.78 Å². The topological polar surface area (TPSA) is 34.1 Å². The standard InChI is InChI=1S/C11H12O2/c1-9(12)8-11(13)10-6-4-2-3-5-7-10/h2-7,10H,8H2,1H3. The van der Waals surface area contributed by atoms with Gasteiger partial charge in [0, 0.05) is 0 Å². The number of rotatable bonds is 3. The maximum Gasteiger partial charge on any atom is 0.150 e. The SMILES string of the molecule is CC(=O)CC(=O)C1C=CC=CC=C1. The first kappa shape index (κ1) is 9.65. The van der Waals surface area contributed by atoms with Crippen molar-refractivity contribution in [3.8, 4) is 0 Å². The van der Waals surface area contributed by atoms with E-state index in [-0.39, 0.29) is 23.9 Å². The van der Waals surface area contributed by atoms with Crippen LogP contribution in [-0.4, -0.2) is 11.6 Å². The van der Waals surface area contributed by atoms with Gasteiger partial charge in [-0.2, -0.15) is 0 Å². The highest BCUT2D eigenvalue weighted by Crippen LogP contribution is 2.09. The smallest absolute Gasteiger partial charge is 0.150 e. The van der Waals surface area contributed by atoms with Gasteiger partial charge in [-0.05, 0) is 6.92 Å². The highest BCUT2D eigenvalue weighted by atomic mass is 16.1. The lowest BCUT2D eigenvalue weighted by Gasteiger charge is -2.03. The maximum absolute atomic E-state index is 11.4. The summed E-state index contributed by atoms with van der Waals surface area (Å²) < 4.78 is 0. The van der Waals surface area contributed by atoms with Gasteiger partial charge in [-0.3, -0.25) is 9.59 Å². The molecule has 0 bridgehead atoms. The average molecular weight is 176 g/mol. The van der Waals surface area contributed by atoms with Crippen LogP contribution >= 0.6 is 0 Å². The van der Waals surface area contributed by atoms with Crippen molar-refractivity contribution in [3.63, 3.8) is 0 Å². The molecule has 0 amide bonds. The minimum Gasteiger partial charge on any atom is -0.300 e. The molecule has 0 unspecified atom stereocenters. The van der Waals surface area contributed by atoms with E-state index in [1.807, 2.05) is 24.3 Å². The first-order chi connectivity index (χ1) is 6.20. The van der Waals surface area contributed by atoms with Gasteiger partial charge in [0.15, 0.2) is 5.78 Å². The van der Waals surface area contributed by atoms with Gasteiger partial charge in [0.2, 0.25) is 0 Å². The molecule has 1 aliphatic rings. The lowest BCUT2D eigenvalue weighted by atomic mass is 10.00. The van der Waals surface area contributed by atoms with E-state index in [2.05, 4.69) is 0 Å². The molecule has 0 aromatic carbocycles. The van der Waals surface area contributed by atoms with Crippen LogP contribution < -0.4 is 0 Å². The second-order valence-electron chi connectivity index (χ2n) is 3.03. The third kappa shape index (κ3) is 3.20. The number of carbonyl (C=O) groups is 2. The molecule has 68 valence electrons. The summed E-state index contributed by atoms with van der Waals surface area (Å²) in [6.07, 6.45) is 11.0. The first-order valence-corrected chi connectivity index (χ1v) is 4.24. The predicted octanol–water partition coefficient (Wildman–Crippen LogP) is 1.83. The molecule has 0 aromatic heterocycles. The molecule has 1 rings (SSSR count). The molecule has 2 nitrogen and oxygen atoms in total. The fourth-order valence-electron chi connectivity index (χ4n) is 1.14. The zero-order chi connectivity index (χ0) is 9.68. The summed E-state index contributed by atoms with van der Waals surface area (Å²) >= 11 is 0. The van der Waals surface area contributed by atoms with Crippen molar-refractivity contribution in [1.29, 1.82) is 0 Å². The van der Waals surface area contributed by atoms with E-state index in [1.54, 1.807) is 12.2 Å². The molecule has 13 heavy (non-hydrogen) atoms. The maximum atomic E-state index is 11.4. The summed E-state index contributed by atoms with van der Waals surface area (Å²) in [6.45, 7) is 1.43. The molecule has 0 heterocycles. The van der Waals surface area contributed by atoms with Crippen molar-refractivity contribution < 1.29 is 9.59 Å². The van der Waals surface area contributed by atoms with E-state index in [4.69, 9.17) is 0 Å². The van der Waals surface area contributed by atoms with E-state index in [9.17, 15) is 9.59 Å². The van der Waals surface area contributed by atoms with E-state index < -0.39 is 0 Å². The molecule has 0 aromatic rings. The van der Waals surface area contributed by atoms with Crippen molar-refractivity contribution in [2.75, 3.05) is 0 Å². The van der Waals surface area contributed by atoms with Crippen molar-refractivity contribution in [2.24, 2.45) is 5.92 Å². The van der Waals surface area contributed by atoms with Crippen LogP contribution in [0.25, 0.3) is 0 Å². The summed E-state index contributed by atoms with van der Waals surface area (Å²) in [7, 11) is 0. The molecule has 0 radical (unpaired) electrons. The van der Waals surface area contributed by atoms with Gasteiger partial charge in [-0.25, -0.2) is 0 Å². The lowest BCUT2D eigenvalue weighted by molar-refractivity contribution is -0.126. The second-order valence-corrected chi connectivity index (χ2v) is 3.03. The van der Waals surface area contributed by atoms with Gasteiger partial charge < -0.3 is 0 Å². The Labute approximate surface area is 77.6 Å². The zero-order valence-electron chi connectivity index (χ0n) is 7.57. The number of allylic oxidation sites excluding steroid dienone is 6. The van der Waals surface area contributed by atoms with E-state index in [0.717, 1.165) is 0 Å². The number of hydrogen-bond acceptors (Lipinski definition) is 2. The van der Waals surface area contributed by atoms with Gasteiger partial charge in [-0.1, -0.05) is 36.5 Å². The highest BCUT2D eigenvalue weighted by Gasteiger charge is 2.13. The Morgan fingerprint density at radius 3 is 2.08 bits per heavy atom. The summed E-state index contributed by atoms with van der Waals surface area (Å²) in [6, 6.07) is 0. The van der Waals surface area contributed by atoms with Crippen LogP contribution in [-0.2, 0) is 9.59 Å². The molecular weight excluding hydrogens is 164 g/mol. The van der Waals surface area contributed by atoms with Gasteiger partial charge >= 0.3 is 0 Å². The first-order valence-electron chi connectivity index (χ1n) is 4.24. The van der Waals surface area contributed by atoms with E-state index in [1.165, 1.54) is 6.92 Å². The summed E-state index contributed by atoms with van der Waals surface area (Å²) in [5.74, 6) is -0.355. The largest absolute Gasteiger partial charge is 0.300 e. The van der Waals surface area contributed by atoms with Gasteiger partial charge in [0.05, 0.1) is 12.3 Å². The summed E-state index contributed by atoms with van der Waals surface area (Å²) in [4.78, 5) is 22.1. The normalized spacial score (nSPS) is 15.8. The number of ketones is 2. The zero-order valence-corrected chi connectivity index (χ0v) is 7.57. The molecule has 0 spiro atoms. The van der Waals surface area contributed by atoms with E-state index >= 15 is 0 Å². The molecule has 0 atom stereocenters. The quantitative estimate of drug-likeness (QED) is 0.615. The minimum atomic E-state index is -0.237. The van der Waals surface area contributed by atoms with Crippen molar-refractivity contribution in [3.05, 3.63) is 36.5 Å². The third-order valence-corrected chi connectivity index (χ3v) is 1.77. The average Bonchev–Trinajstić information content (AvgIpc) is 2.29. The van der Waals surface area contributed by atoms with Gasteiger partial charge in [0.25, 0.3) is 0 Å². The number of Topliss-reactive ketones (excluding diaryl/α,β-unsaturated/α-hetero) is 2. The van der Waals surface area contributed by atoms with Crippen LogP contribution in [0.4, 0.5) is 0 Å². The number of hydrogen-bond donors (Lipinski definition) is 0. The molecule has 2 heteroatoms. The van der Waals surface area contributed by atoms with Crippen molar-refractivity contribution in [2.45, 2.75) is 13.3 Å². The Morgan fingerprint density at radius 2 is 1.62 bits per heavy atom.